The molecular formula is C15H20N4O3S. The molecule has 0 saturated carbocycles. The van der Waals surface area contributed by atoms with Gasteiger partial charge in [0.05, 0.1) is 17.9 Å². The summed E-state index contributed by atoms with van der Waals surface area (Å²) in [6, 6.07) is 6.56. The Balaban J connectivity index is 2.03. The molecule has 1 heterocycles. The van der Waals surface area contributed by atoms with Gasteiger partial charge in [0.25, 0.3) is 0 Å². The fourth-order valence-corrected chi connectivity index (χ4v) is 3.01. The van der Waals surface area contributed by atoms with Crippen molar-refractivity contribution >= 4 is 21.6 Å². The van der Waals surface area contributed by atoms with Crippen LogP contribution in [0.1, 0.15) is 22.5 Å². The lowest BCUT2D eigenvalue weighted by Gasteiger charge is -2.07. The van der Waals surface area contributed by atoms with Crippen molar-refractivity contribution in [1.29, 1.82) is 0 Å². The second-order valence-electron chi connectivity index (χ2n) is 5.50. The minimum Gasteiger partial charge on any atom is -0.326 e. The SMILES string of the molecule is Cc1nn(C)c(C)c1CC(=O)Nc1ccc(CS(N)(=O)=O)cc1. The number of carbonyl (C=O) groups excluding carboxylic acids is 1. The van der Waals surface area contributed by atoms with Crippen molar-refractivity contribution in [3.05, 3.63) is 46.8 Å². The van der Waals surface area contributed by atoms with E-state index in [1.54, 1.807) is 28.9 Å². The summed E-state index contributed by atoms with van der Waals surface area (Å²) in [7, 11) is -1.72. The molecule has 0 atom stereocenters. The highest BCUT2D eigenvalue weighted by atomic mass is 32.2. The minimum absolute atomic E-state index is 0.150. The molecule has 3 N–H and O–H groups in total. The summed E-state index contributed by atoms with van der Waals surface area (Å²) in [5.74, 6) is -0.377. The summed E-state index contributed by atoms with van der Waals surface area (Å²) < 4.78 is 23.8. The maximum Gasteiger partial charge on any atom is 0.228 e. The molecule has 0 spiro atoms. The van der Waals surface area contributed by atoms with E-state index >= 15 is 0 Å². The van der Waals surface area contributed by atoms with Gasteiger partial charge in [0.1, 0.15) is 0 Å². The summed E-state index contributed by atoms with van der Waals surface area (Å²) >= 11 is 0. The van der Waals surface area contributed by atoms with Crippen LogP contribution in [0.3, 0.4) is 0 Å². The number of carbonyl (C=O) groups is 1. The predicted molar refractivity (Wildman–Crippen MR) is 88.3 cm³/mol. The predicted octanol–water partition coefficient (Wildman–Crippen LogP) is 1.01. The van der Waals surface area contributed by atoms with Crippen LogP contribution in [0, 0.1) is 13.8 Å². The fraction of sp³-hybridized carbons (Fsp3) is 0.333. The molecular weight excluding hydrogens is 316 g/mol. The Morgan fingerprint density at radius 2 is 1.87 bits per heavy atom. The van der Waals surface area contributed by atoms with Crippen LogP contribution in [-0.4, -0.2) is 24.1 Å². The van der Waals surface area contributed by atoms with Crippen molar-refractivity contribution in [1.82, 2.24) is 9.78 Å². The lowest BCUT2D eigenvalue weighted by Crippen LogP contribution is -2.16. The van der Waals surface area contributed by atoms with Crippen molar-refractivity contribution in [2.45, 2.75) is 26.0 Å². The molecule has 0 saturated heterocycles. The second kappa shape index (κ2) is 6.51. The Morgan fingerprint density at radius 3 is 2.35 bits per heavy atom. The molecule has 1 aromatic carbocycles. The number of nitrogens with one attached hydrogen (secondary N) is 1. The number of hydrogen-bond donors (Lipinski definition) is 2. The number of aromatic nitrogens is 2. The second-order valence-corrected chi connectivity index (χ2v) is 7.12. The van der Waals surface area contributed by atoms with Crippen LogP contribution in [0.25, 0.3) is 0 Å². The molecule has 0 aliphatic carbocycles. The molecule has 0 fully saturated rings. The molecule has 2 rings (SSSR count). The number of anilines is 1. The number of nitrogens with zero attached hydrogens (tertiary/aromatic N) is 2. The third-order valence-electron chi connectivity index (χ3n) is 3.60. The zero-order chi connectivity index (χ0) is 17.2. The van der Waals surface area contributed by atoms with Crippen LogP contribution >= 0.6 is 0 Å². The Labute approximate surface area is 135 Å². The smallest absolute Gasteiger partial charge is 0.228 e. The van der Waals surface area contributed by atoms with Gasteiger partial charge in [0, 0.05) is 24.0 Å². The first-order chi connectivity index (χ1) is 10.7. The van der Waals surface area contributed by atoms with E-state index in [1.165, 1.54) is 0 Å². The number of aryl methyl sites for hydroxylation is 2. The zero-order valence-electron chi connectivity index (χ0n) is 13.3. The molecule has 1 aromatic heterocycles. The van der Waals surface area contributed by atoms with Gasteiger partial charge in [0.2, 0.25) is 15.9 Å². The fourth-order valence-electron chi connectivity index (χ4n) is 2.36. The van der Waals surface area contributed by atoms with Crippen LogP contribution in [0.15, 0.2) is 24.3 Å². The van der Waals surface area contributed by atoms with E-state index in [9.17, 15) is 13.2 Å². The number of sulfonamides is 1. The molecule has 0 radical (unpaired) electrons. The van der Waals surface area contributed by atoms with E-state index in [4.69, 9.17) is 5.14 Å². The van der Waals surface area contributed by atoms with Gasteiger partial charge in [0.15, 0.2) is 0 Å². The quantitative estimate of drug-likeness (QED) is 0.849. The highest BCUT2D eigenvalue weighted by Crippen LogP contribution is 2.15. The molecule has 0 unspecified atom stereocenters. The summed E-state index contributed by atoms with van der Waals surface area (Å²) in [6.07, 6.45) is 0.241. The topological polar surface area (TPSA) is 107 Å². The number of primary sulfonamides is 1. The maximum atomic E-state index is 12.1. The summed E-state index contributed by atoms with van der Waals surface area (Å²) in [4.78, 5) is 12.1. The van der Waals surface area contributed by atoms with Gasteiger partial charge in [-0.2, -0.15) is 5.10 Å². The van der Waals surface area contributed by atoms with Gasteiger partial charge < -0.3 is 5.32 Å². The van der Waals surface area contributed by atoms with E-state index < -0.39 is 10.0 Å². The van der Waals surface area contributed by atoms with Gasteiger partial charge in [-0.1, -0.05) is 12.1 Å². The normalized spacial score (nSPS) is 11.5. The third kappa shape index (κ3) is 4.64. The van der Waals surface area contributed by atoms with Crippen molar-refractivity contribution in [2.24, 2.45) is 12.2 Å². The number of amides is 1. The first-order valence-corrected chi connectivity index (χ1v) is 8.75. The average molecular weight is 336 g/mol. The van der Waals surface area contributed by atoms with E-state index in [1.807, 2.05) is 20.9 Å². The van der Waals surface area contributed by atoms with E-state index in [2.05, 4.69) is 10.4 Å². The van der Waals surface area contributed by atoms with Crippen molar-refractivity contribution in [2.75, 3.05) is 5.32 Å². The van der Waals surface area contributed by atoms with E-state index in [0.717, 1.165) is 17.0 Å². The van der Waals surface area contributed by atoms with Gasteiger partial charge >= 0.3 is 0 Å². The van der Waals surface area contributed by atoms with Crippen LogP contribution < -0.4 is 10.5 Å². The van der Waals surface area contributed by atoms with E-state index in [0.29, 0.717) is 11.3 Å². The number of rotatable bonds is 5. The van der Waals surface area contributed by atoms with Crippen LogP contribution in [0.4, 0.5) is 5.69 Å². The Bertz CT molecular complexity index is 823. The molecule has 2 aromatic rings. The molecule has 1 amide bonds. The summed E-state index contributed by atoms with van der Waals surface area (Å²) in [5, 5.41) is 12.1. The van der Waals surface area contributed by atoms with Gasteiger partial charge in [-0.05, 0) is 31.5 Å². The number of nitrogens with two attached hydrogens (primary N) is 1. The Morgan fingerprint density at radius 1 is 1.26 bits per heavy atom. The zero-order valence-corrected chi connectivity index (χ0v) is 14.1. The van der Waals surface area contributed by atoms with Crippen LogP contribution in [0.5, 0.6) is 0 Å². The third-order valence-corrected chi connectivity index (χ3v) is 4.34. The monoisotopic (exact) mass is 336 g/mol. The molecule has 23 heavy (non-hydrogen) atoms. The lowest BCUT2D eigenvalue weighted by atomic mass is 10.1. The van der Waals surface area contributed by atoms with Gasteiger partial charge in [-0.15, -0.1) is 0 Å². The highest BCUT2D eigenvalue weighted by molar-refractivity contribution is 7.88. The first kappa shape index (κ1) is 17.2. The summed E-state index contributed by atoms with van der Waals surface area (Å²) in [6.45, 7) is 3.79. The number of hydrogen-bond acceptors (Lipinski definition) is 4. The largest absolute Gasteiger partial charge is 0.326 e. The Kier molecular flexibility index (Phi) is 4.86. The molecule has 0 aliphatic rings. The maximum absolute atomic E-state index is 12.1. The summed E-state index contributed by atoms with van der Waals surface area (Å²) in [5.41, 5.74) is 3.89. The number of benzene rings is 1. The Hall–Kier alpha value is -2.19. The highest BCUT2D eigenvalue weighted by Gasteiger charge is 2.13. The molecule has 124 valence electrons. The standard InChI is InChI=1S/C15H20N4O3S/c1-10-14(11(2)19(3)18-10)8-15(20)17-13-6-4-12(5-7-13)9-23(16,21)22/h4-7H,8-9H2,1-3H3,(H,17,20)(H2,16,21,22). The molecule has 7 nitrogen and oxygen atoms in total. The molecule has 0 bridgehead atoms. The average Bonchev–Trinajstić information content (AvgIpc) is 2.66. The van der Waals surface area contributed by atoms with Crippen molar-refractivity contribution in [3.8, 4) is 0 Å². The first-order valence-electron chi connectivity index (χ1n) is 7.04. The van der Waals surface area contributed by atoms with Crippen molar-refractivity contribution in [3.63, 3.8) is 0 Å². The van der Waals surface area contributed by atoms with Gasteiger partial charge in [-0.3, -0.25) is 9.48 Å². The van der Waals surface area contributed by atoms with Crippen LogP contribution in [-0.2, 0) is 34.0 Å². The van der Waals surface area contributed by atoms with Crippen LogP contribution in [0.2, 0.25) is 0 Å². The van der Waals surface area contributed by atoms with E-state index in [-0.39, 0.29) is 18.1 Å². The minimum atomic E-state index is -3.56. The van der Waals surface area contributed by atoms with Gasteiger partial charge in [-0.25, -0.2) is 13.6 Å². The molecule has 8 heteroatoms. The lowest BCUT2D eigenvalue weighted by molar-refractivity contribution is -0.115. The van der Waals surface area contributed by atoms with Crippen molar-refractivity contribution < 1.29 is 13.2 Å². The molecule has 0 aliphatic heterocycles.